The van der Waals surface area contributed by atoms with E-state index in [2.05, 4.69) is 6.92 Å². The van der Waals surface area contributed by atoms with Crippen molar-refractivity contribution in [3.63, 3.8) is 0 Å². The Kier molecular flexibility index (Phi) is 9.54. The first-order valence-corrected chi connectivity index (χ1v) is 6.90. The normalized spacial score (nSPS) is 17.4. The molecule has 0 rings (SSSR count). The molecule has 0 spiro atoms. The van der Waals surface area contributed by atoms with Crippen LogP contribution in [0, 0.1) is 0 Å². The van der Waals surface area contributed by atoms with E-state index in [9.17, 15) is 9.66 Å². The van der Waals surface area contributed by atoms with Crippen molar-refractivity contribution in [3.8, 4) is 0 Å². The van der Waals surface area contributed by atoms with Crippen molar-refractivity contribution in [2.45, 2.75) is 44.8 Å². The highest BCUT2D eigenvalue weighted by molar-refractivity contribution is 7.91. The zero-order valence-corrected chi connectivity index (χ0v) is 10.1. The summed E-state index contributed by atoms with van der Waals surface area (Å²) in [5, 5.41) is 27.0. The van der Waals surface area contributed by atoms with Crippen LogP contribution in [0.3, 0.4) is 0 Å². The third kappa shape index (κ3) is 9.14. The number of unbranched alkanes of at least 4 members (excludes halogenated alkanes) is 2. The van der Waals surface area contributed by atoms with Crippen LogP contribution in [0.2, 0.25) is 0 Å². The lowest BCUT2D eigenvalue weighted by molar-refractivity contribution is 0.0488. The van der Waals surface area contributed by atoms with Gasteiger partial charge >= 0.3 is 0 Å². The van der Waals surface area contributed by atoms with Crippen LogP contribution in [0.15, 0.2) is 0 Å². The molecule has 3 N–H and O–H groups in total. The van der Waals surface area contributed by atoms with Gasteiger partial charge in [-0.15, -0.1) is 0 Å². The molecule has 92 valence electrons. The van der Waals surface area contributed by atoms with E-state index in [1.54, 1.807) is 0 Å². The average Bonchev–Trinajstić information content (AvgIpc) is 2.17. The first kappa shape index (κ1) is 15.2. The van der Waals surface area contributed by atoms with Gasteiger partial charge in [0.2, 0.25) is 0 Å². The fourth-order valence-electron chi connectivity index (χ4n) is 1.27. The summed E-state index contributed by atoms with van der Waals surface area (Å²) < 4.78 is 11.4. The van der Waals surface area contributed by atoms with Gasteiger partial charge in [-0.3, -0.25) is 0 Å². The van der Waals surface area contributed by atoms with Gasteiger partial charge in [-0.2, -0.15) is 0 Å². The SMILES string of the molecule is CCCCC[S+]([O-])CC(O)CC(O)CO. The van der Waals surface area contributed by atoms with Gasteiger partial charge in [0.1, 0.15) is 17.6 Å². The molecule has 0 bridgehead atoms. The Morgan fingerprint density at radius 3 is 2.40 bits per heavy atom. The van der Waals surface area contributed by atoms with Crippen LogP contribution in [0.5, 0.6) is 0 Å². The van der Waals surface area contributed by atoms with E-state index in [-0.39, 0.29) is 18.8 Å². The molecule has 4 nitrogen and oxygen atoms in total. The van der Waals surface area contributed by atoms with E-state index in [1.165, 1.54) is 0 Å². The molecule has 0 aromatic carbocycles. The van der Waals surface area contributed by atoms with Gasteiger partial charge < -0.3 is 19.9 Å². The number of aliphatic hydroxyl groups excluding tert-OH is 3. The molecule has 0 radical (unpaired) electrons. The first-order valence-electron chi connectivity index (χ1n) is 5.42. The molecule has 0 fully saturated rings. The van der Waals surface area contributed by atoms with Crippen LogP contribution in [0.25, 0.3) is 0 Å². The maximum absolute atomic E-state index is 11.4. The smallest absolute Gasteiger partial charge is 0.131 e. The summed E-state index contributed by atoms with van der Waals surface area (Å²) in [6.45, 7) is 1.72. The quantitative estimate of drug-likeness (QED) is 0.391. The van der Waals surface area contributed by atoms with Crippen LogP contribution < -0.4 is 0 Å². The zero-order valence-electron chi connectivity index (χ0n) is 9.26. The van der Waals surface area contributed by atoms with Crippen molar-refractivity contribution in [2.24, 2.45) is 0 Å². The van der Waals surface area contributed by atoms with Gasteiger partial charge in [0.25, 0.3) is 0 Å². The van der Waals surface area contributed by atoms with Gasteiger partial charge in [-0.25, -0.2) is 0 Å². The third-order valence-electron chi connectivity index (χ3n) is 2.11. The summed E-state index contributed by atoms with van der Waals surface area (Å²) in [4.78, 5) is 0. The van der Waals surface area contributed by atoms with Gasteiger partial charge in [0.05, 0.1) is 12.7 Å². The largest absolute Gasteiger partial charge is 0.616 e. The van der Waals surface area contributed by atoms with Crippen LogP contribution in [-0.4, -0.2) is 50.2 Å². The number of hydrogen-bond donors (Lipinski definition) is 3. The summed E-state index contributed by atoms with van der Waals surface area (Å²) in [7, 11) is 0. The van der Waals surface area contributed by atoms with E-state index >= 15 is 0 Å². The Bertz CT molecular complexity index is 145. The molecule has 5 heteroatoms. The minimum atomic E-state index is -1.01. The molecule has 0 aliphatic carbocycles. The zero-order chi connectivity index (χ0) is 11.7. The lowest BCUT2D eigenvalue weighted by Gasteiger charge is -2.16. The Balaban J connectivity index is 3.52. The first-order chi connectivity index (χ1) is 7.10. The molecule has 0 saturated carbocycles. The molecule has 0 aliphatic heterocycles. The molecule has 0 heterocycles. The minimum Gasteiger partial charge on any atom is -0.616 e. The van der Waals surface area contributed by atoms with Crippen molar-refractivity contribution < 1.29 is 19.9 Å². The fourth-order valence-corrected chi connectivity index (χ4v) is 2.53. The van der Waals surface area contributed by atoms with Crippen LogP contribution in [-0.2, 0) is 11.2 Å². The van der Waals surface area contributed by atoms with Gasteiger partial charge in [0, 0.05) is 6.42 Å². The lowest BCUT2D eigenvalue weighted by atomic mass is 10.2. The number of aliphatic hydroxyl groups is 3. The van der Waals surface area contributed by atoms with Crippen LogP contribution in [0.1, 0.15) is 32.6 Å². The summed E-state index contributed by atoms with van der Waals surface area (Å²) in [5.41, 5.74) is 0. The van der Waals surface area contributed by atoms with E-state index < -0.39 is 23.4 Å². The highest BCUT2D eigenvalue weighted by atomic mass is 32.2. The molecule has 0 aromatic heterocycles. The van der Waals surface area contributed by atoms with E-state index in [0.717, 1.165) is 19.3 Å². The van der Waals surface area contributed by atoms with Crippen LogP contribution in [0.4, 0.5) is 0 Å². The monoisotopic (exact) mass is 238 g/mol. The van der Waals surface area contributed by atoms with Gasteiger partial charge in [0.15, 0.2) is 0 Å². The molecule has 0 aliphatic rings. The molecule has 15 heavy (non-hydrogen) atoms. The second kappa shape index (κ2) is 9.42. The molecule has 0 saturated heterocycles. The topological polar surface area (TPSA) is 83.8 Å². The second-order valence-corrected chi connectivity index (χ2v) is 5.36. The molecular formula is C10H22O4S. The standard InChI is InChI=1S/C10H22O4S/c1-2-3-4-5-15(14)8-10(13)6-9(12)7-11/h9-13H,2-8H2,1H3. The second-order valence-electron chi connectivity index (χ2n) is 3.74. The number of rotatable bonds is 9. The summed E-state index contributed by atoms with van der Waals surface area (Å²) in [6.07, 6.45) is 1.46. The summed E-state index contributed by atoms with van der Waals surface area (Å²) in [6, 6.07) is 0. The van der Waals surface area contributed by atoms with E-state index in [4.69, 9.17) is 10.2 Å². The van der Waals surface area contributed by atoms with Crippen LogP contribution >= 0.6 is 0 Å². The van der Waals surface area contributed by atoms with Gasteiger partial charge in [-0.1, -0.05) is 24.5 Å². The molecule has 3 atom stereocenters. The Morgan fingerprint density at radius 1 is 1.20 bits per heavy atom. The van der Waals surface area contributed by atoms with E-state index in [1.807, 2.05) is 0 Å². The van der Waals surface area contributed by atoms with Crippen molar-refractivity contribution in [2.75, 3.05) is 18.1 Å². The van der Waals surface area contributed by atoms with Crippen molar-refractivity contribution in [1.82, 2.24) is 0 Å². The van der Waals surface area contributed by atoms with Crippen molar-refractivity contribution in [3.05, 3.63) is 0 Å². The summed E-state index contributed by atoms with van der Waals surface area (Å²) >= 11 is -1.01. The molecule has 0 amide bonds. The fraction of sp³-hybridized carbons (Fsp3) is 1.00. The predicted molar refractivity (Wildman–Crippen MR) is 61.1 cm³/mol. The highest BCUT2D eigenvalue weighted by Crippen LogP contribution is 2.05. The van der Waals surface area contributed by atoms with Gasteiger partial charge in [-0.05, 0) is 12.8 Å². The predicted octanol–water partition coefficient (Wildman–Crippen LogP) is 0.0295. The molecule has 3 unspecified atom stereocenters. The Hall–Kier alpha value is 0.190. The highest BCUT2D eigenvalue weighted by Gasteiger charge is 2.17. The molecule has 0 aromatic rings. The maximum Gasteiger partial charge on any atom is 0.131 e. The molecular weight excluding hydrogens is 216 g/mol. The average molecular weight is 238 g/mol. The minimum absolute atomic E-state index is 0.0933. The lowest BCUT2D eigenvalue weighted by Crippen LogP contribution is -2.28. The van der Waals surface area contributed by atoms with Crippen molar-refractivity contribution >= 4 is 11.2 Å². The van der Waals surface area contributed by atoms with E-state index in [0.29, 0.717) is 5.75 Å². The third-order valence-corrected chi connectivity index (χ3v) is 3.61. The maximum atomic E-state index is 11.4. The van der Waals surface area contributed by atoms with Crippen molar-refractivity contribution in [1.29, 1.82) is 0 Å². The summed E-state index contributed by atoms with van der Waals surface area (Å²) in [5.74, 6) is 0.806. The Labute approximate surface area is 94.5 Å². The Morgan fingerprint density at radius 2 is 1.87 bits per heavy atom. The number of hydrogen-bond acceptors (Lipinski definition) is 4.